The maximum atomic E-state index is 12.9. The summed E-state index contributed by atoms with van der Waals surface area (Å²) in [6, 6.07) is 13.5. The summed E-state index contributed by atoms with van der Waals surface area (Å²) in [7, 11) is -3.77. The molecule has 0 radical (unpaired) electrons. The first-order valence-corrected chi connectivity index (χ1v) is 10.9. The van der Waals surface area contributed by atoms with E-state index in [1.165, 1.54) is 22.5 Å². The minimum atomic E-state index is -3.77. The van der Waals surface area contributed by atoms with Crippen LogP contribution in [-0.2, 0) is 10.0 Å². The average Bonchev–Trinajstić information content (AvgIpc) is 2.70. The van der Waals surface area contributed by atoms with Crippen LogP contribution in [0.1, 0.15) is 5.56 Å². The fourth-order valence-electron chi connectivity index (χ4n) is 2.98. The largest absolute Gasteiger partial charge is 0.491 e. The number of benzene rings is 2. The Bertz CT molecular complexity index is 984. The molecule has 0 unspecified atom stereocenters. The monoisotopic (exact) mass is 439 g/mol. The van der Waals surface area contributed by atoms with Gasteiger partial charge in [-0.25, -0.2) is 8.42 Å². The van der Waals surface area contributed by atoms with Crippen molar-refractivity contribution in [3.8, 4) is 11.8 Å². The Hall–Kier alpha value is -1.82. The van der Waals surface area contributed by atoms with Gasteiger partial charge in [0.2, 0.25) is 10.0 Å². The zero-order valence-electron chi connectivity index (χ0n) is 15.0. The summed E-state index contributed by atoms with van der Waals surface area (Å²) in [5.74, 6) is 0.635. The molecule has 6 nitrogen and oxygen atoms in total. The molecular weight excluding hydrogens is 421 g/mol. The minimum absolute atomic E-state index is 0.0435. The Balaban J connectivity index is 1.57. The summed E-state index contributed by atoms with van der Waals surface area (Å²) in [6.45, 7) is 2.96. The molecule has 3 rings (SSSR count). The fraction of sp³-hybridized carbons (Fsp3) is 0.316. The van der Waals surface area contributed by atoms with E-state index in [0.717, 1.165) is 0 Å². The average molecular weight is 440 g/mol. The van der Waals surface area contributed by atoms with E-state index in [1.807, 2.05) is 24.3 Å². The predicted octanol–water partition coefficient (Wildman–Crippen LogP) is 3.25. The Kier molecular flexibility index (Phi) is 6.81. The van der Waals surface area contributed by atoms with Gasteiger partial charge in [-0.3, -0.25) is 4.90 Å². The van der Waals surface area contributed by atoms with Crippen molar-refractivity contribution in [1.29, 1.82) is 5.26 Å². The molecule has 0 saturated carbocycles. The van der Waals surface area contributed by atoms with Crippen LogP contribution in [0.25, 0.3) is 0 Å². The van der Waals surface area contributed by atoms with Gasteiger partial charge in [0.1, 0.15) is 23.3 Å². The van der Waals surface area contributed by atoms with E-state index < -0.39 is 10.0 Å². The van der Waals surface area contributed by atoms with Crippen molar-refractivity contribution in [3.63, 3.8) is 0 Å². The number of hydrogen-bond donors (Lipinski definition) is 0. The first-order valence-electron chi connectivity index (χ1n) is 8.71. The number of para-hydroxylation sites is 1. The zero-order valence-corrected chi connectivity index (χ0v) is 17.3. The van der Waals surface area contributed by atoms with Crippen LogP contribution in [0.5, 0.6) is 5.75 Å². The molecule has 1 aliphatic rings. The molecule has 0 aromatic heterocycles. The highest BCUT2D eigenvalue weighted by Gasteiger charge is 2.30. The molecule has 0 atom stereocenters. The van der Waals surface area contributed by atoms with Crippen LogP contribution in [0, 0.1) is 11.3 Å². The zero-order chi connectivity index (χ0) is 20.1. The predicted molar refractivity (Wildman–Crippen MR) is 108 cm³/mol. The van der Waals surface area contributed by atoms with Gasteiger partial charge in [0, 0.05) is 37.7 Å². The maximum absolute atomic E-state index is 12.9. The van der Waals surface area contributed by atoms with Crippen LogP contribution in [-0.4, -0.2) is 57.0 Å². The summed E-state index contributed by atoms with van der Waals surface area (Å²) >= 11 is 12.0. The Morgan fingerprint density at radius 3 is 2.46 bits per heavy atom. The van der Waals surface area contributed by atoms with E-state index in [1.54, 1.807) is 6.07 Å². The van der Waals surface area contributed by atoms with Gasteiger partial charge in [0.05, 0.1) is 10.6 Å². The van der Waals surface area contributed by atoms with E-state index >= 15 is 0 Å². The van der Waals surface area contributed by atoms with Crippen LogP contribution in [0.4, 0.5) is 0 Å². The van der Waals surface area contributed by atoms with Crippen molar-refractivity contribution in [3.05, 3.63) is 58.1 Å². The molecule has 1 saturated heterocycles. The van der Waals surface area contributed by atoms with Gasteiger partial charge < -0.3 is 4.74 Å². The first kappa shape index (κ1) is 20.9. The van der Waals surface area contributed by atoms with E-state index in [-0.39, 0.29) is 15.5 Å². The van der Waals surface area contributed by atoms with Crippen LogP contribution in [0.15, 0.2) is 47.4 Å². The lowest BCUT2D eigenvalue weighted by Gasteiger charge is -2.34. The third kappa shape index (κ3) is 4.77. The normalized spacial score (nSPS) is 15.9. The highest BCUT2D eigenvalue weighted by atomic mass is 35.5. The number of nitriles is 1. The highest BCUT2D eigenvalue weighted by Crippen LogP contribution is 2.25. The van der Waals surface area contributed by atoms with Crippen molar-refractivity contribution in [2.24, 2.45) is 0 Å². The SMILES string of the molecule is N#Cc1ccc(Cl)cc1S(=O)(=O)N1CCN(CCOc2ccccc2Cl)CC1. The molecule has 2 aromatic carbocycles. The highest BCUT2D eigenvalue weighted by molar-refractivity contribution is 7.89. The molecule has 1 fully saturated rings. The second kappa shape index (κ2) is 9.12. The van der Waals surface area contributed by atoms with Crippen molar-refractivity contribution in [2.75, 3.05) is 39.3 Å². The standard InChI is InChI=1S/C19H19Cl2N3O3S/c20-16-6-5-15(14-22)19(13-16)28(25,26)24-9-7-23(8-10-24)11-12-27-18-4-2-1-3-17(18)21/h1-6,13H,7-12H2. The molecule has 0 spiro atoms. The molecule has 9 heteroatoms. The number of halogens is 2. The Morgan fingerprint density at radius 2 is 1.79 bits per heavy atom. The molecule has 148 valence electrons. The summed E-state index contributed by atoms with van der Waals surface area (Å²) in [5.41, 5.74) is 0.0972. The lowest BCUT2D eigenvalue weighted by Crippen LogP contribution is -2.49. The number of sulfonamides is 1. The third-order valence-corrected chi connectivity index (χ3v) is 7.00. The van der Waals surface area contributed by atoms with E-state index in [9.17, 15) is 13.7 Å². The van der Waals surface area contributed by atoms with Crippen molar-refractivity contribution < 1.29 is 13.2 Å². The van der Waals surface area contributed by atoms with Crippen LogP contribution >= 0.6 is 23.2 Å². The molecule has 0 aliphatic carbocycles. The molecule has 0 N–H and O–H groups in total. The molecule has 0 bridgehead atoms. The number of ether oxygens (including phenoxy) is 1. The fourth-order valence-corrected chi connectivity index (χ4v) is 5.00. The third-order valence-electron chi connectivity index (χ3n) is 4.51. The van der Waals surface area contributed by atoms with Crippen LogP contribution < -0.4 is 4.74 Å². The van der Waals surface area contributed by atoms with Crippen LogP contribution in [0.2, 0.25) is 10.0 Å². The van der Waals surface area contributed by atoms with E-state index in [4.69, 9.17) is 27.9 Å². The summed E-state index contributed by atoms with van der Waals surface area (Å²) in [5, 5.41) is 10.1. The lowest BCUT2D eigenvalue weighted by molar-refractivity contribution is 0.159. The van der Waals surface area contributed by atoms with Gasteiger partial charge in [-0.2, -0.15) is 9.57 Å². The summed E-state index contributed by atoms with van der Waals surface area (Å²) < 4.78 is 32.9. The number of nitrogens with zero attached hydrogens (tertiary/aromatic N) is 3. The van der Waals surface area contributed by atoms with Gasteiger partial charge in [-0.15, -0.1) is 0 Å². The molecule has 2 aromatic rings. The van der Waals surface area contributed by atoms with Gasteiger partial charge in [0.15, 0.2) is 0 Å². The van der Waals surface area contributed by atoms with Gasteiger partial charge in [-0.1, -0.05) is 35.3 Å². The number of piperazine rings is 1. The molecule has 0 amide bonds. The topological polar surface area (TPSA) is 73.6 Å². The summed E-state index contributed by atoms with van der Waals surface area (Å²) in [4.78, 5) is 2.09. The number of rotatable bonds is 6. The maximum Gasteiger partial charge on any atom is 0.244 e. The van der Waals surface area contributed by atoms with Gasteiger partial charge >= 0.3 is 0 Å². The van der Waals surface area contributed by atoms with Gasteiger partial charge in [-0.05, 0) is 30.3 Å². The van der Waals surface area contributed by atoms with Crippen LogP contribution in [0.3, 0.4) is 0 Å². The minimum Gasteiger partial charge on any atom is -0.491 e. The molecule has 1 heterocycles. The van der Waals surface area contributed by atoms with Gasteiger partial charge in [0.25, 0.3) is 0 Å². The molecule has 28 heavy (non-hydrogen) atoms. The molecular formula is C19H19Cl2N3O3S. The lowest BCUT2D eigenvalue weighted by atomic mass is 10.2. The quantitative estimate of drug-likeness (QED) is 0.690. The van der Waals surface area contributed by atoms with Crippen molar-refractivity contribution in [2.45, 2.75) is 4.90 Å². The Morgan fingerprint density at radius 1 is 1.07 bits per heavy atom. The van der Waals surface area contributed by atoms with E-state index in [2.05, 4.69) is 4.90 Å². The Labute approximate surface area is 174 Å². The first-order chi connectivity index (χ1) is 13.4. The second-order valence-corrected chi connectivity index (χ2v) is 9.03. The van der Waals surface area contributed by atoms with E-state index in [0.29, 0.717) is 50.1 Å². The second-order valence-electron chi connectivity index (χ2n) is 6.28. The number of hydrogen-bond acceptors (Lipinski definition) is 5. The smallest absolute Gasteiger partial charge is 0.244 e. The van der Waals surface area contributed by atoms with Crippen molar-refractivity contribution >= 4 is 33.2 Å². The summed E-state index contributed by atoms with van der Waals surface area (Å²) in [6.07, 6.45) is 0. The molecule has 1 aliphatic heterocycles. The van der Waals surface area contributed by atoms with Crippen molar-refractivity contribution in [1.82, 2.24) is 9.21 Å².